The van der Waals surface area contributed by atoms with Crippen LogP contribution in [0.4, 0.5) is 4.39 Å². The Labute approximate surface area is 159 Å². The maximum absolute atomic E-state index is 13.1. The second-order valence-electron chi connectivity index (χ2n) is 7.07. The molecule has 0 amide bonds. The van der Waals surface area contributed by atoms with E-state index in [2.05, 4.69) is 22.9 Å². The van der Waals surface area contributed by atoms with E-state index in [-0.39, 0.29) is 17.6 Å². The molecule has 140 valence electrons. The van der Waals surface area contributed by atoms with Crippen molar-refractivity contribution in [2.45, 2.75) is 18.9 Å². The summed E-state index contributed by atoms with van der Waals surface area (Å²) in [6.45, 7) is 3.53. The number of hydrogen-bond donors (Lipinski definition) is 0. The molecule has 1 fully saturated rings. The van der Waals surface area contributed by atoms with Crippen LogP contribution in [-0.4, -0.2) is 48.8 Å². The molecule has 1 aliphatic rings. The summed E-state index contributed by atoms with van der Waals surface area (Å²) in [5.41, 5.74) is 2.49. The first kappa shape index (κ1) is 19.2. The molecule has 4 nitrogen and oxygen atoms in total. The highest BCUT2D eigenvalue weighted by atomic mass is 19.1. The van der Waals surface area contributed by atoms with Crippen LogP contribution in [0.1, 0.15) is 29.2 Å². The molecule has 3 rings (SSSR count). The van der Waals surface area contributed by atoms with Crippen molar-refractivity contribution in [3.8, 4) is 6.07 Å². The van der Waals surface area contributed by atoms with Crippen molar-refractivity contribution in [1.82, 2.24) is 9.80 Å². The van der Waals surface area contributed by atoms with Crippen LogP contribution in [0.25, 0.3) is 0 Å². The third-order valence-electron chi connectivity index (χ3n) is 5.14. The minimum atomic E-state index is -0.299. The lowest BCUT2D eigenvalue weighted by Gasteiger charge is -2.37. The number of rotatable bonds is 6. The maximum atomic E-state index is 13.1. The van der Waals surface area contributed by atoms with E-state index in [9.17, 15) is 9.18 Å². The van der Waals surface area contributed by atoms with Gasteiger partial charge in [-0.2, -0.15) is 5.26 Å². The topological polar surface area (TPSA) is 47.3 Å². The third kappa shape index (κ3) is 5.00. The van der Waals surface area contributed by atoms with Crippen LogP contribution in [0.5, 0.6) is 0 Å². The molecule has 0 bridgehead atoms. The van der Waals surface area contributed by atoms with Crippen LogP contribution in [0.3, 0.4) is 0 Å². The molecule has 0 N–H and O–H groups in total. The molecule has 0 aliphatic carbocycles. The van der Waals surface area contributed by atoms with Gasteiger partial charge in [-0.25, -0.2) is 4.39 Å². The first-order valence-corrected chi connectivity index (χ1v) is 9.26. The van der Waals surface area contributed by atoms with Gasteiger partial charge in [-0.05, 0) is 48.9 Å². The fourth-order valence-electron chi connectivity index (χ4n) is 3.48. The van der Waals surface area contributed by atoms with Gasteiger partial charge in [0, 0.05) is 32.6 Å². The Balaban J connectivity index is 1.76. The van der Waals surface area contributed by atoms with E-state index in [4.69, 9.17) is 5.26 Å². The number of piperazine rings is 1. The average molecular weight is 365 g/mol. The number of benzene rings is 2. The molecule has 0 spiro atoms. The van der Waals surface area contributed by atoms with Gasteiger partial charge in [-0.15, -0.1) is 0 Å². The Kier molecular flexibility index (Phi) is 6.33. The van der Waals surface area contributed by atoms with Crippen molar-refractivity contribution in [3.05, 3.63) is 71.0 Å². The second-order valence-corrected chi connectivity index (χ2v) is 7.07. The number of aryl methyl sites for hydroxylation is 1. The Bertz CT molecular complexity index is 803. The number of Topliss-reactive ketones (excluding diaryl/α,β-unsaturated/α-hetero) is 1. The van der Waals surface area contributed by atoms with Crippen LogP contribution in [0, 0.1) is 17.1 Å². The molecule has 0 radical (unpaired) electrons. The van der Waals surface area contributed by atoms with Crippen LogP contribution in [0.15, 0.2) is 48.5 Å². The molecular formula is C22H24FN3O. The van der Waals surface area contributed by atoms with Gasteiger partial charge in [-0.1, -0.05) is 24.3 Å². The standard InChI is InChI=1S/C22H24FN3O/c1-25-12-14-26(15-13-25)22(19-7-2-18(16-24)3-8-19)21(27)11-6-17-4-9-20(23)10-5-17/h2-5,7-10,22H,6,11-15H2,1H3. The first-order valence-electron chi connectivity index (χ1n) is 9.26. The maximum Gasteiger partial charge on any atom is 0.154 e. The molecule has 2 aromatic rings. The van der Waals surface area contributed by atoms with Crippen molar-refractivity contribution >= 4 is 5.78 Å². The zero-order valence-corrected chi connectivity index (χ0v) is 15.6. The molecule has 1 aliphatic heterocycles. The van der Waals surface area contributed by atoms with Crippen molar-refractivity contribution in [2.24, 2.45) is 0 Å². The Hall–Kier alpha value is -2.55. The molecule has 5 heteroatoms. The number of halogens is 1. The summed E-state index contributed by atoms with van der Waals surface area (Å²) in [7, 11) is 2.09. The van der Waals surface area contributed by atoms with Crippen molar-refractivity contribution in [3.63, 3.8) is 0 Å². The SMILES string of the molecule is CN1CCN(C(C(=O)CCc2ccc(F)cc2)c2ccc(C#N)cc2)CC1. The first-order chi connectivity index (χ1) is 13.1. The van der Waals surface area contributed by atoms with E-state index >= 15 is 0 Å². The summed E-state index contributed by atoms with van der Waals surface area (Å²) in [5.74, 6) is -0.105. The largest absolute Gasteiger partial charge is 0.304 e. The smallest absolute Gasteiger partial charge is 0.154 e. The monoisotopic (exact) mass is 365 g/mol. The van der Waals surface area contributed by atoms with E-state index in [1.165, 1.54) is 12.1 Å². The summed E-state index contributed by atoms with van der Waals surface area (Å²) >= 11 is 0. The lowest BCUT2D eigenvalue weighted by Crippen LogP contribution is -2.47. The Morgan fingerprint density at radius 1 is 1.07 bits per heavy atom. The summed E-state index contributed by atoms with van der Waals surface area (Å²) in [6.07, 6.45) is 1.00. The van der Waals surface area contributed by atoms with Crippen LogP contribution in [-0.2, 0) is 11.2 Å². The normalized spacial score (nSPS) is 16.6. The molecule has 1 heterocycles. The number of carbonyl (C=O) groups is 1. The quantitative estimate of drug-likeness (QED) is 0.789. The highest BCUT2D eigenvalue weighted by Crippen LogP contribution is 2.25. The molecule has 1 unspecified atom stereocenters. The zero-order valence-electron chi connectivity index (χ0n) is 15.6. The second kappa shape index (κ2) is 8.90. The third-order valence-corrected chi connectivity index (χ3v) is 5.14. The minimum absolute atomic E-state index is 0.161. The lowest BCUT2D eigenvalue weighted by molar-refractivity contribution is -0.125. The fourth-order valence-corrected chi connectivity index (χ4v) is 3.48. The van der Waals surface area contributed by atoms with Crippen LogP contribution >= 0.6 is 0 Å². The van der Waals surface area contributed by atoms with Gasteiger partial charge in [0.15, 0.2) is 5.78 Å². The zero-order chi connectivity index (χ0) is 19.2. The summed E-state index contributed by atoms with van der Waals surface area (Å²) in [4.78, 5) is 17.6. The number of ketones is 1. The predicted molar refractivity (Wildman–Crippen MR) is 103 cm³/mol. The molecular weight excluding hydrogens is 341 g/mol. The van der Waals surface area contributed by atoms with Crippen molar-refractivity contribution in [1.29, 1.82) is 5.26 Å². The number of nitrogens with zero attached hydrogens (tertiary/aromatic N) is 3. The lowest BCUT2D eigenvalue weighted by atomic mass is 9.95. The van der Waals surface area contributed by atoms with E-state index in [1.807, 2.05) is 12.1 Å². The highest BCUT2D eigenvalue weighted by Gasteiger charge is 2.29. The molecule has 2 aromatic carbocycles. The van der Waals surface area contributed by atoms with E-state index in [0.717, 1.165) is 37.3 Å². The predicted octanol–water partition coefficient (Wildman–Crippen LogP) is 3.19. The van der Waals surface area contributed by atoms with E-state index in [1.54, 1.807) is 24.3 Å². The summed E-state index contributed by atoms with van der Waals surface area (Å²) < 4.78 is 13.1. The highest BCUT2D eigenvalue weighted by molar-refractivity contribution is 5.85. The van der Waals surface area contributed by atoms with Gasteiger partial charge in [0.1, 0.15) is 5.82 Å². The van der Waals surface area contributed by atoms with Gasteiger partial charge in [0.25, 0.3) is 0 Å². The van der Waals surface area contributed by atoms with Crippen LogP contribution in [0.2, 0.25) is 0 Å². The molecule has 1 saturated heterocycles. The van der Waals surface area contributed by atoms with E-state index < -0.39 is 0 Å². The number of nitriles is 1. The molecule has 0 aromatic heterocycles. The molecule has 0 saturated carbocycles. The van der Waals surface area contributed by atoms with Crippen LogP contribution < -0.4 is 0 Å². The summed E-state index contributed by atoms with van der Waals surface area (Å²) in [5, 5.41) is 9.02. The summed E-state index contributed by atoms with van der Waals surface area (Å²) in [6, 6.07) is 15.5. The Morgan fingerprint density at radius 3 is 2.30 bits per heavy atom. The van der Waals surface area contributed by atoms with Gasteiger partial charge in [0.2, 0.25) is 0 Å². The fraction of sp³-hybridized carbons (Fsp3) is 0.364. The Morgan fingerprint density at radius 2 is 1.70 bits per heavy atom. The number of hydrogen-bond acceptors (Lipinski definition) is 4. The van der Waals surface area contributed by atoms with Gasteiger partial charge in [0.05, 0.1) is 17.7 Å². The molecule has 27 heavy (non-hydrogen) atoms. The van der Waals surface area contributed by atoms with Gasteiger partial charge in [-0.3, -0.25) is 9.69 Å². The van der Waals surface area contributed by atoms with Crippen molar-refractivity contribution < 1.29 is 9.18 Å². The van der Waals surface area contributed by atoms with Gasteiger partial charge < -0.3 is 4.90 Å². The van der Waals surface area contributed by atoms with Crippen molar-refractivity contribution in [2.75, 3.05) is 33.2 Å². The van der Waals surface area contributed by atoms with E-state index in [0.29, 0.717) is 18.4 Å². The average Bonchev–Trinajstić information content (AvgIpc) is 2.70. The molecule has 1 atom stereocenters. The number of likely N-dealkylation sites (N-methyl/N-ethyl adjacent to an activating group) is 1. The number of carbonyl (C=O) groups excluding carboxylic acids is 1. The van der Waals surface area contributed by atoms with Gasteiger partial charge >= 0.3 is 0 Å². The minimum Gasteiger partial charge on any atom is -0.304 e.